The van der Waals surface area contributed by atoms with Crippen LogP contribution >= 0.6 is 0 Å². The molecule has 1 aromatic carbocycles. The van der Waals surface area contributed by atoms with E-state index < -0.39 is 0 Å². The number of ether oxygens (including phenoxy) is 2. The van der Waals surface area contributed by atoms with Crippen molar-refractivity contribution in [2.75, 3.05) is 26.4 Å². The second-order valence-electron chi connectivity index (χ2n) is 6.50. The summed E-state index contributed by atoms with van der Waals surface area (Å²) in [5.74, 6) is 0.907. The highest BCUT2D eigenvalue weighted by Gasteiger charge is 2.12. The van der Waals surface area contributed by atoms with E-state index in [1.165, 1.54) is 5.56 Å². The Balaban J connectivity index is 2.13. The molecule has 120 valence electrons. The van der Waals surface area contributed by atoms with Gasteiger partial charge in [0.05, 0.1) is 13.2 Å². The fourth-order valence-corrected chi connectivity index (χ4v) is 1.89. The monoisotopic (exact) mass is 293 g/mol. The molecular formula is C18H31NO2. The Kier molecular flexibility index (Phi) is 7.76. The molecule has 0 spiro atoms. The maximum absolute atomic E-state index is 5.68. The topological polar surface area (TPSA) is 30.5 Å². The summed E-state index contributed by atoms with van der Waals surface area (Å²) in [6.45, 7) is 13.9. The number of hydrogen-bond acceptors (Lipinski definition) is 3. The van der Waals surface area contributed by atoms with Gasteiger partial charge >= 0.3 is 0 Å². The average molecular weight is 293 g/mol. The summed E-state index contributed by atoms with van der Waals surface area (Å²) in [4.78, 5) is 0. The Labute approximate surface area is 130 Å². The van der Waals surface area contributed by atoms with Crippen molar-refractivity contribution in [3.63, 3.8) is 0 Å². The SMILES string of the molecule is CC[C@@H](C)NCCOCCOc1ccc(C(C)(C)C)cc1. The molecule has 1 rings (SSSR count). The lowest BCUT2D eigenvalue weighted by atomic mass is 9.87. The minimum Gasteiger partial charge on any atom is -0.491 e. The fourth-order valence-electron chi connectivity index (χ4n) is 1.89. The molecule has 0 saturated carbocycles. The molecule has 0 heterocycles. The third-order valence-electron chi connectivity index (χ3n) is 3.57. The Hall–Kier alpha value is -1.06. The normalized spacial score (nSPS) is 13.2. The summed E-state index contributed by atoms with van der Waals surface area (Å²) >= 11 is 0. The molecule has 0 aromatic heterocycles. The van der Waals surface area contributed by atoms with Crippen molar-refractivity contribution < 1.29 is 9.47 Å². The molecular weight excluding hydrogens is 262 g/mol. The van der Waals surface area contributed by atoms with Crippen molar-refractivity contribution in [1.82, 2.24) is 5.32 Å². The Morgan fingerprint density at radius 3 is 2.29 bits per heavy atom. The van der Waals surface area contributed by atoms with Crippen LogP contribution in [0.4, 0.5) is 0 Å². The van der Waals surface area contributed by atoms with Gasteiger partial charge < -0.3 is 14.8 Å². The van der Waals surface area contributed by atoms with Crippen LogP contribution in [0.1, 0.15) is 46.6 Å². The maximum Gasteiger partial charge on any atom is 0.119 e. The summed E-state index contributed by atoms with van der Waals surface area (Å²) < 4.78 is 11.2. The van der Waals surface area contributed by atoms with Gasteiger partial charge in [0, 0.05) is 12.6 Å². The van der Waals surface area contributed by atoms with Gasteiger partial charge in [-0.3, -0.25) is 0 Å². The highest BCUT2D eigenvalue weighted by molar-refractivity contribution is 5.31. The molecule has 0 aliphatic rings. The van der Waals surface area contributed by atoms with Gasteiger partial charge in [0.15, 0.2) is 0 Å². The van der Waals surface area contributed by atoms with Gasteiger partial charge in [0.25, 0.3) is 0 Å². The van der Waals surface area contributed by atoms with Crippen molar-refractivity contribution in [2.45, 2.75) is 52.5 Å². The van der Waals surface area contributed by atoms with E-state index in [1.54, 1.807) is 0 Å². The maximum atomic E-state index is 5.68. The van der Waals surface area contributed by atoms with Crippen LogP contribution in [0.2, 0.25) is 0 Å². The van der Waals surface area contributed by atoms with Crippen LogP contribution in [0.25, 0.3) is 0 Å². The second kappa shape index (κ2) is 9.06. The quantitative estimate of drug-likeness (QED) is 0.703. The number of rotatable bonds is 9. The summed E-state index contributed by atoms with van der Waals surface area (Å²) in [6, 6.07) is 8.89. The first-order valence-electron chi connectivity index (χ1n) is 7.98. The van der Waals surface area contributed by atoms with Gasteiger partial charge in [-0.15, -0.1) is 0 Å². The van der Waals surface area contributed by atoms with Gasteiger partial charge in [-0.05, 0) is 36.5 Å². The van der Waals surface area contributed by atoms with E-state index in [0.717, 1.165) is 25.3 Å². The average Bonchev–Trinajstić information content (AvgIpc) is 2.45. The Bertz CT molecular complexity index is 381. The molecule has 0 unspecified atom stereocenters. The van der Waals surface area contributed by atoms with Crippen molar-refractivity contribution in [3.05, 3.63) is 29.8 Å². The zero-order chi connectivity index (χ0) is 15.7. The minimum atomic E-state index is 0.185. The van der Waals surface area contributed by atoms with Crippen LogP contribution in [0.5, 0.6) is 5.75 Å². The predicted octanol–water partition coefficient (Wildman–Crippen LogP) is 3.77. The van der Waals surface area contributed by atoms with Gasteiger partial charge in [-0.25, -0.2) is 0 Å². The smallest absolute Gasteiger partial charge is 0.119 e. The number of benzene rings is 1. The second-order valence-corrected chi connectivity index (χ2v) is 6.50. The Morgan fingerprint density at radius 1 is 1.05 bits per heavy atom. The van der Waals surface area contributed by atoms with E-state index in [2.05, 4.69) is 52.1 Å². The molecule has 21 heavy (non-hydrogen) atoms. The third-order valence-corrected chi connectivity index (χ3v) is 3.57. The highest BCUT2D eigenvalue weighted by atomic mass is 16.5. The molecule has 3 nitrogen and oxygen atoms in total. The number of hydrogen-bond donors (Lipinski definition) is 1. The van der Waals surface area contributed by atoms with Crippen LogP contribution in [0, 0.1) is 0 Å². The zero-order valence-corrected chi connectivity index (χ0v) is 14.2. The van der Waals surface area contributed by atoms with E-state index in [0.29, 0.717) is 19.3 Å². The van der Waals surface area contributed by atoms with Crippen LogP contribution < -0.4 is 10.1 Å². The van der Waals surface area contributed by atoms with Crippen LogP contribution in [0.15, 0.2) is 24.3 Å². The molecule has 0 aliphatic carbocycles. The van der Waals surface area contributed by atoms with E-state index in [4.69, 9.17) is 9.47 Å². The van der Waals surface area contributed by atoms with Crippen molar-refractivity contribution in [1.29, 1.82) is 0 Å². The molecule has 0 radical (unpaired) electrons. The van der Waals surface area contributed by atoms with E-state index in [9.17, 15) is 0 Å². The van der Waals surface area contributed by atoms with E-state index >= 15 is 0 Å². The van der Waals surface area contributed by atoms with Crippen molar-refractivity contribution in [3.8, 4) is 5.75 Å². The highest BCUT2D eigenvalue weighted by Crippen LogP contribution is 2.24. The van der Waals surface area contributed by atoms with Gasteiger partial charge in [0.1, 0.15) is 12.4 Å². The van der Waals surface area contributed by atoms with E-state index in [1.807, 2.05) is 12.1 Å². The van der Waals surface area contributed by atoms with Crippen molar-refractivity contribution >= 4 is 0 Å². The van der Waals surface area contributed by atoms with Crippen molar-refractivity contribution in [2.24, 2.45) is 0 Å². The largest absolute Gasteiger partial charge is 0.491 e. The van der Waals surface area contributed by atoms with Crippen LogP contribution in [0.3, 0.4) is 0 Å². The minimum absolute atomic E-state index is 0.185. The summed E-state index contributed by atoms with van der Waals surface area (Å²) in [5.41, 5.74) is 1.51. The zero-order valence-electron chi connectivity index (χ0n) is 14.2. The predicted molar refractivity (Wildman–Crippen MR) is 89.2 cm³/mol. The van der Waals surface area contributed by atoms with Crippen LogP contribution in [-0.4, -0.2) is 32.4 Å². The molecule has 0 bridgehead atoms. The lowest BCUT2D eigenvalue weighted by Gasteiger charge is -2.19. The lowest BCUT2D eigenvalue weighted by Crippen LogP contribution is -2.29. The molecule has 0 amide bonds. The van der Waals surface area contributed by atoms with Crippen LogP contribution in [-0.2, 0) is 10.2 Å². The summed E-state index contributed by atoms with van der Waals surface area (Å²) in [5, 5.41) is 3.40. The lowest BCUT2D eigenvalue weighted by molar-refractivity contribution is 0.100. The molecule has 1 atom stereocenters. The molecule has 0 saturated heterocycles. The summed E-state index contributed by atoms with van der Waals surface area (Å²) in [7, 11) is 0. The standard InChI is InChI=1S/C18H31NO2/c1-6-15(2)19-11-12-20-13-14-21-17-9-7-16(8-10-17)18(3,4)5/h7-10,15,19H,6,11-14H2,1-5H3/t15-/m1/s1. The van der Waals surface area contributed by atoms with Gasteiger partial charge in [0.2, 0.25) is 0 Å². The first kappa shape index (κ1) is 18.0. The van der Waals surface area contributed by atoms with E-state index in [-0.39, 0.29) is 5.41 Å². The van der Waals surface area contributed by atoms with Gasteiger partial charge in [-0.2, -0.15) is 0 Å². The van der Waals surface area contributed by atoms with Gasteiger partial charge in [-0.1, -0.05) is 39.8 Å². The fraction of sp³-hybridized carbons (Fsp3) is 0.667. The molecule has 1 aromatic rings. The Morgan fingerprint density at radius 2 is 1.71 bits per heavy atom. The first-order valence-corrected chi connectivity index (χ1v) is 7.98. The molecule has 0 fully saturated rings. The molecule has 0 aliphatic heterocycles. The molecule has 3 heteroatoms. The first-order chi connectivity index (χ1) is 9.93. The summed E-state index contributed by atoms with van der Waals surface area (Å²) in [6.07, 6.45) is 1.15. The number of nitrogens with one attached hydrogen (secondary N) is 1. The third kappa shape index (κ3) is 7.49. The molecule has 1 N–H and O–H groups in total.